The Labute approximate surface area is 188 Å². The summed E-state index contributed by atoms with van der Waals surface area (Å²) in [6.07, 6.45) is 0.856. The summed E-state index contributed by atoms with van der Waals surface area (Å²) >= 11 is 0. The zero-order valence-corrected chi connectivity index (χ0v) is 19.0. The third kappa shape index (κ3) is 7.43. The fourth-order valence-electron chi connectivity index (χ4n) is 3.38. The highest BCUT2D eigenvalue weighted by molar-refractivity contribution is 6.23. The quantitative estimate of drug-likeness (QED) is 0.320. The van der Waals surface area contributed by atoms with Crippen LogP contribution in [0.25, 0.3) is 5.57 Å². The Kier molecular flexibility index (Phi) is 9.82. The molecule has 2 aromatic rings. The van der Waals surface area contributed by atoms with Crippen molar-refractivity contribution in [3.8, 4) is 5.75 Å². The van der Waals surface area contributed by atoms with Gasteiger partial charge in [0, 0.05) is 18.4 Å². The third-order valence-electron chi connectivity index (χ3n) is 5.41. The molecule has 0 bridgehead atoms. The molecule has 0 aliphatic heterocycles. The second-order valence-electron chi connectivity index (χ2n) is 7.74. The van der Waals surface area contributed by atoms with Crippen LogP contribution in [0.2, 0.25) is 0 Å². The largest absolute Gasteiger partial charge is 0.493 e. The van der Waals surface area contributed by atoms with E-state index in [1.165, 1.54) is 24.8 Å². The standard InChI is InChI=1S/C26H32F3NO2/c1-4-7-11-20(5-2)19-32-23-16-14-22(15-17-23)30(6-3)18-24(25(31)26(27,28)29)21-12-9-8-10-13-21/h8-10,12-18,20H,4-7,11,19H2,1-3H3/b24-18-. The number of ketones is 1. The summed E-state index contributed by atoms with van der Waals surface area (Å²) < 4.78 is 45.6. The lowest BCUT2D eigenvalue weighted by atomic mass is 10.0. The molecule has 0 fully saturated rings. The number of alkyl halides is 3. The lowest BCUT2D eigenvalue weighted by molar-refractivity contribution is -0.164. The van der Waals surface area contributed by atoms with Crippen molar-refractivity contribution in [2.45, 2.75) is 52.6 Å². The van der Waals surface area contributed by atoms with E-state index in [1.54, 1.807) is 35.2 Å². The van der Waals surface area contributed by atoms with Gasteiger partial charge in [-0.25, -0.2) is 0 Å². The molecule has 0 saturated carbocycles. The summed E-state index contributed by atoms with van der Waals surface area (Å²) in [7, 11) is 0. The highest BCUT2D eigenvalue weighted by Crippen LogP contribution is 2.29. The first-order valence-corrected chi connectivity index (χ1v) is 11.2. The third-order valence-corrected chi connectivity index (χ3v) is 5.41. The normalized spacial score (nSPS) is 13.0. The Morgan fingerprint density at radius 2 is 1.69 bits per heavy atom. The van der Waals surface area contributed by atoms with Crippen molar-refractivity contribution in [2.24, 2.45) is 5.92 Å². The molecule has 0 N–H and O–H groups in total. The van der Waals surface area contributed by atoms with Gasteiger partial charge in [-0.3, -0.25) is 4.79 Å². The number of anilines is 1. The molecule has 2 aromatic carbocycles. The summed E-state index contributed by atoms with van der Waals surface area (Å²) in [6, 6.07) is 15.1. The van der Waals surface area contributed by atoms with Crippen LogP contribution in [-0.2, 0) is 4.79 Å². The monoisotopic (exact) mass is 447 g/mol. The molecule has 0 aliphatic carbocycles. The number of unbranched alkanes of at least 4 members (excludes halogenated alkanes) is 1. The number of nitrogens with zero attached hydrogens (tertiary/aromatic N) is 1. The highest BCUT2D eigenvalue weighted by atomic mass is 19.4. The molecule has 0 radical (unpaired) electrons. The van der Waals surface area contributed by atoms with E-state index in [-0.39, 0.29) is 11.1 Å². The van der Waals surface area contributed by atoms with E-state index in [2.05, 4.69) is 13.8 Å². The first-order chi connectivity index (χ1) is 15.3. The molecule has 1 atom stereocenters. The molecule has 0 aromatic heterocycles. The highest BCUT2D eigenvalue weighted by Gasteiger charge is 2.41. The van der Waals surface area contributed by atoms with Crippen LogP contribution in [0.1, 0.15) is 52.0 Å². The van der Waals surface area contributed by atoms with E-state index in [0.29, 0.717) is 24.8 Å². The first-order valence-electron chi connectivity index (χ1n) is 11.2. The van der Waals surface area contributed by atoms with E-state index < -0.39 is 12.0 Å². The Morgan fingerprint density at radius 3 is 2.22 bits per heavy atom. The van der Waals surface area contributed by atoms with Gasteiger partial charge < -0.3 is 9.64 Å². The van der Waals surface area contributed by atoms with Crippen molar-refractivity contribution in [3.63, 3.8) is 0 Å². The molecule has 0 heterocycles. The Hall–Kier alpha value is -2.76. The molecule has 32 heavy (non-hydrogen) atoms. The number of carbonyl (C=O) groups is 1. The zero-order valence-electron chi connectivity index (χ0n) is 19.0. The predicted molar refractivity (Wildman–Crippen MR) is 124 cm³/mol. The average Bonchev–Trinajstić information content (AvgIpc) is 2.80. The topological polar surface area (TPSA) is 29.5 Å². The number of Topliss-reactive ketones (excluding diaryl/α,β-unsaturated/α-hetero) is 1. The molecule has 6 heteroatoms. The van der Waals surface area contributed by atoms with Crippen LogP contribution in [0.5, 0.6) is 5.75 Å². The number of halogens is 3. The minimum Gasteiger partial charge on any atom is -0.493 e. The van der Waals surface area contributed by atoms with E-state index in [4.69, 9.17) is 4.74 Å². The molecular formula is C26H32F3NO2. The van der Waals surface area contributed by atoms with Gasteiger partial charge in [0.15, 0.2) is 0 Å². The maximum Gasteiger partial charge on any atom is 0.454 e. The van der Waals surface area contributed by atoms with Gasteiger partial charge >= 0.3 is 6.18 Å². The van der Waals surface area contributed by atoms with E-state index >= 15 is 0 Å². The van der Waals surface area contributed by atoms with E-state index in [1.807, 2.05) is 19.1 Å². The Morgan fingerprint density at radius 1 is 1.03 bits per heavy atom. The van der Waals surface area contributed by atoms with Crippen LogP contribution in [0.4, 0.5) is 18.9 Å². The maximum atomic E-state index is 13.2. The van der Waals surface area contributed by atoms with Gasteiger partial charge in [-0.05, 0) is 49.1 Å². The van der Waals surface area contributed by atoms with Gasteiger partial charge in [-0.15, -0.1) is 0 Å². The minimum absolute atomic E-state index is 0.228. The lowest BCUT2D eigenvalue weighted by Crippen LogP contribution is -2.26. The van der Waals surface area contributed by atoms with Crippen LogP contribution in [0, 0.1) is 5.92 Å². The smallest absolute Gasteiger partial charge is 0.454 e. The molecule has 3 nitrogen and oxygen atoms in total. The Bertz CT molecular complexity index is 861. The second kappa shape index (κ2) is 12.3. The van der Waals surface area contributed by atoms with Gasteiger partial charge in [0.05, 0.1) is 12.2 Å². The molecule has 174 valence electrons. The number of rotatable bonds is 12. The number of ether oxygens (including phenoxy) is 1. The second-order valence-corrected chi connectivity index (χ2v) is 7.74. The summed E-state index contributed by atoms with van der Waals surface area (Å²) in [5, 5.41) is 0. The number of allylic oxidation sites excluding steroid dienone is 1. The van der Waals surface area contributed by atoms with Crippen LogP contribution >= 0.6 is 0 Å². The SMILES string of the molecule is CCCCC(CC)COc1ccc(N(/C=C(\C(=O)C(F)(F)F)c2ccccc2)CC)cc1. The van der Waals surface area contributed by atoms with Crippen molar-refractivity contribution in [3.05, 3.63) is 66.4 Å². The summed E-state index contributed by atoms with van der Waals surface area (Å²) in [5.74, 6) is -0.635. The summed E-state index contributed by atoms with van der Waals surface area (Å²) in [4.78, 5) is 13.7. The van der Waals surface area contributed by atoms with Crippen molar-refractivity contribution >= 4 is 17.0 Å². The summed E-state index contributed by atoms with van der Waals surface area (Å²) in [5.41, 5.74) is 0.522. The van der Waals surface area contributed by atoms with Crippen LogP contribution < -0.4 is 9.64 Å². The number of carbonyl (C=O) groups excluding carboxylic acids is 1. The zero-order chi connectivity index (χ0) is 23.6. The number of benzene rings is 2. The molecule has 0 spiro atoms. The molecule has 0 saturated heterocycles. The maximum absolute atomic E-state index is 13.2. The molecule has 2 rings (SSSR count). The van der Waals surface area contributed by atoms with E-state index in [0.717, 1.165) is 25.0 Å². The van der Waals surface area contributed by atoms with Crippen LogP contribution in [0.3, 0.4) is 0 Å². The summed E-state index contributed by atoms with van der Waals surface area (Å²) in [6.45, 7) is 7.19. The molecule has 0 aliphatic rings. The fourth-order valence-corrected chi connectivity index (χ4v) is 3.38. The van der Waals surface area contributed by atoms with Crippen molar-refractivity contribution in [2.75, 3.05) is 18.1 Å². The fraction of sp³-hybridized carbons (Fsp3) is 0.423. The minimum atomic E-state index is -4.95. The Balaban J connectivity index is 2.22. The lowest BCUT2D eigenvalue weighted by Gasteiger charge is -2.22. The van der Waals surface area contributed by atoms with Gasteiger partial charge in [-0.2, -0.15) is 13.2 Å². The molecular weight excluding hydrogens is 415 g/mol. The average molecular weight is 448 g/mol. The van der Waals surface area contributed by atoms with Gasteiger partial charge in [0.25, 0.3) is 5.78 Å². The predicted octanol–water partition coefficient (Wildman–Crippen LogP) is 7.28. The molecule has 0 amide bonds. The number of hydrogen-bond acceptors (Lipinski definition) is 3. The van der Waals surface area contributed by atoms with Crippen LogP contribution in [0.15, 0.2) is 60.8 Å². The van der Waals surface area contributed by atoms with Crippen molar-refractivity contribution in [1.29, 1.82) is 0 Å². The van der Waals surface area contributed by atoms with Gasteiger partial charge in [0.1, 0.15) is 5.75 Å². The van der Waals surface area contributed by atoms with E-state index in [9.17, 15) is 18.0 Å². The van der Waals surface area contributed by atoms with Crippen molar-refractivity contribution in [1.82, 2.24) is 0 Å². The number of hydrogen-bond donors (Lipinski definition) is 0. The molecule has 1 unspecified atom stereocenters. The van der Waals surface area contributed by atoms with Gasteiger partial charge in [-0.1, -0.05) is 63.4 Å². The van der Waals surface area contributed by atoms with Crippen molar-refractivity contribution < 1.29 is 22.7 Å². The van der Waals surface area contributed by atoms with Crippen LogP contribution in [-0.4, -0.2) is 25.1 Å². The first kappa shape index (κ1) is 25.5. The van der Waals surface area contributed by atoms with Gasteiger partial charge in [0.2, 0.25) is 0 Å².